The number of benzene rings is 2. The Morgan fingerprint density at radius 2 is 1.90 bits per heavy atom. The van der Waals surface area contributed by atoms with E-state index in [0.717, 1.165) is 56.1 Å². The number of nitrogens with one attached hydrogen (secondary N) is 1. The van der Waals surface area contributed by atoms with Crippen molar-refractivity contribution in [1.82, 2.24) is 10.2 Å². The summed E-state index contributed by atoms with van der Waals surface area (Å²) in [5, 5.41) is 3.11. The number of amides is 1. The van der Waals surface area contributed by atoms with E-state index in [1.807, 2.05) is 18.2 Å². The molecule has 4 nitrogen and oxygen atoms in total. The predicted octanol–water partition coefficient (Wildman–Crippen LogP) is 5.08. The molecule has 1 unspecified atom stereocenters. The number of ether oxygens (including phenoxy) is 1. The molecule has 164 valence electrons. The number of carbonyl (C=O) groups excluding carboxylic acids is 1. The van der Waals surface area contributed by atoms with E-state index in [-0.39, 0.29) is 23.7 Å². The lowest BCUT2D eigenvalue weighted by molar-refractivity contribution is -0.0348. The summed E-state index contributed by atoms with van der Waals surface area (Å²) in [6.45, 7) is 7.27. The first kappa shape index (κ1) is 20.4. The molecule has 31 heavy (non-hydrogen) atoms. The van der Waals surface area contributed by atoms with Crippen LogP contribution in [0.2, 0.25) is 0 Å². The van der Waals surface area contributed by atoms with Crippen molar-refractivity contribution in [3.8, 4) is 11.1 Å². The second-order valence-corrected chi connectivity index (χ2v) is 9.86. The number of fused-ring (bicyclic) bond motifs is 4. The fourth-order valence-electron chi connectivity index (χ4n) is 5.55. The van der Waals surface area contributed by atoms with E-state index in [1.165, 1.54) is 12.1 Å². The maximum absolute atomic E-state index is 14.3. The van der Waals surface area contributed by atoms with Gasteiger partial charge in [0.25, 0.3) is 0 Å². The van der Waals surface area contributed by atoms with Gasteiger partial charge in [0.1, 0.15) is 17.7 Å². The van der Waals surface area contributed by atoms with Crippen molar-refractivity contribution in [2.45, 2.75) is 45.3 Å². The minimum Gasteiger partial charge on any atom is -0.445 e. The maximum Gasteiger partial charge on any atom is 0.407 e. The number of rotatable bonds is 3. The van der Waals surface area contributed by atoms with E-state index in [4.69, 9.17) is 4.74 Å². The molecule has 0 radical (unpaired) electrons. The van der Waals surface area contributed by atoms with Gasteiger partial charge in [0, 0.05) is 18.2 Å². The van der Waals surface area contributed by atoms with Crippen LogP contribution in [0.15, 0.2) is 36.4 Å². The van der Waals surface area contributed by atoms with Crippen molar-refractivity contribution in [2.24, 2.45) is 11.3 Å². The first-order valence-electron chi connectivity index (χ1n) is 11.1. The molecule has 1 aliphatic carbocycles. The monoisotopic (exact) mass is 426 g/mol. The molecule has 1 N–H and O–H groups in total. The lowest BCUT2D eigenvalue weighted by Gasteiger charge is -2.44. The van der Waals surface area contributed by atoms with Gasteiger partial charge in [-0.15, -0.1) is 0 Å². The van der Waals surface area contributed by atoms with E-state index >= 15 is 0 Å². The molecule has 3 saturated heterocycles. The van der Waals surface area contributed by atoms with Crippen LogP contribution in [0.5, 0.6) is 0 Å². The van der Waals surface area contributed by atoms with Gasteiger partial charge in [-0.05, 0) is 72.5 Å². The zero-order chi connectivity index (χ0) is 21.8. The average molecular weight is 427 g/mol. The highest BCUT2D eigenvalue weighted by Gasteiger charge is 2.42. The van der Waals surface area contributed by atoms with Crippen LogP contribution in [0.4, 0.5) is 13.6 Å². The Hall–Kier alpha value is -2.47. The van der Waals surface area contributed by atoms with Gasteiger partial charge in [-0.25, -0.2) is 13.6 Å². The Morgan fingerprint density at radius 3 is 2.58 bits per heavy atom. The summed E-state index contributed by atoms with van der Waals surface area (Å²) in [5.74, 6) is -0.699. The third-order valence-corrected chi connectivity index (χ3v) is 7.24. The lowest BCUT2D eigenvalue weighted by atomic mass is 9.85. The summed E-state index contributed by atoms with van der Waals surface area (Å²) in [5.41, 5.74) is 2.99. The molecule has 0 saturated carbocycles. The molecular formula is C25H28F2N2O2. The molecule has 6 heteroatoms. The number of nitrogens with zero attached hydrogens (tertiary/aromatic N) is 1. The molecule has 2 aromatic rings. The summed E-state index contributed by atoms with van der Waals surface area (Å²) in [6, 6.07) is 9.20. The van der Waals surface area contributed by atoms with Gasteiger partial charge in [0.2, 0.25) is 0 Å². The average Bonchev–Trinajstić information content (AvgIpc) is 2.97. The van der Waals surface area contributed by atoms with Crippen molar-refractivity contribution < 1.29 is 18.3 Å². The third-order valence-electron chi connectivity index (χ3n) is 7.24. The molecule has 6 rings (SSSR count). The lowest BCUT2D eigenvalue weighted by Crippen LogP contribution is -2.53. The summed E-state index contributed by atoms with van der Waals surface area (Å²) in [4.78, 5) is 15.1. The highest BCUT2D eigenvalue weighted by Crippen LogP contribution is 2.46. The van der Waals surface area contributed by atoms with Crippen LogP contribution in [0, 0.1) is 23.0 Å². The zero-order valence-corrected chi connectivity index (χ0v) is 18.0. The fourth-order valence-corrected chi connectivity index (χ4v) is 5.55. The second-order valence-electron chi connectivity index (χ2n) is 9.86. The van der Waals surface area contributed by atoms with E-state index in [2.05, 4.69) is 24.1 Å². The van der Waals surface area contributed by atoms with Gasteiger partial charge in [-0.3, -0.25) is 4.90 Å². The van der Waals surface area contributed by atoms with Gasteiger partial charge in [0.05, 0.1) is 6.04 Å². The highest BCUT2D eigenvalue weighted by molar-refractivity contribution is 5.70. The van der Waals surface area contributed by atoms with Gasteiger partial charge in [-0.1, -0.05) is 32.0 Å². The number of piperidine rings is 3. The van der Waals surface area contributed by atoms with Crippen molar-refractivity contribution in [3.63, 3.8) is 0 Å². The van der Waals surface area contributed by atoms with Crippen molar-refractivity contribution in [3.05, 3.63) is 59.2 Å². The van der Waals surface area contributed by atoms with E-state index in [0.29, 0.717) is 17.0 Å². The SMILES string of the molecule is CC1(C)Cc2cc(-c3ccc(F)cc3F)ccc2C1NC(=O)O[C@H]1CN2CCC1CC2. The first-order valence-corrected chi connectivity index (χ1v) is 11.1. The summed E-state index contributed by atoms with van der Waals surface area (Å²) in [6.07, 6.45) is 2.55. The second kappa shape index (κ2) is 7.59. The van der Waals surface area contributed by atoms with Gasteiger partial charge < -0.3 is 10.1 Å². The minimum absolute atomic E-state index is 0.0321. The normalized spacial score (nSPS) is 28.3. The number of alkyl carbamates (subject to hydrolysis) is 1. The quantitative estimate of drug-likeness (QED) is 0.745. The molecule has 0 aromatic heterocycles. The Morgan fingerprint density at radius 1 is 1.13 bits per heavy atom. The van der Waals surface area contributed by atoms with Crippen LogP contribution in [0.25, 0.3) is 11.1 Å². The van der Waals surface area contributed by atoms with Crippen LogP contribution in [-0.2, 0) is 11.2 Å². The smallest absolute Gasteiger partial charge is 0.407 e. The Labute approximate surface area is 181 Å². The molecule has 0 spiro atoms. The first-order chi connectivity index (χ1) is 14.8. The predicted molar refractivity (Wildman–Crippen MR) is 115 cm³/mol. The van der Waals surface area contributed by atoms with Crippen molar-refractivity contribution in [1.29, 1.82) is 0 Å². The molecule has 3 aliphatic heterocycles. The van der Waals surface area contributed by atoms with E-state index in [9.17, 15) is 13.6 Å². The zero-order valence-electron chi connectivity index (χ0n) is 18.0. The van der Waals surface area contributed by atoms with E-state index < -0.39 is 11.6 Å². The topological polar surface area (TPSA) is 41.6 Å². The van der Waals surface area contributed by atoms with Crippen LogP contribution in [-0.4, -0.2) is 36.7 Å². The Bertz CT molecular complexity index is 1010. The Balaban J connectivity index is 1.34. The number of carbonyl (C=O) groups is 1. The number of hydrogen-bond donors (Lipinski definition) is 1. The third kappa shape index (κ3) is 3.82. The maximum atomic E-state index is 14.3. The molecule has 1 amide bonds. The number of hydrogen-bond acceptors (Lipinski definition) is 3. The summed E-state index contributed by atoms with van der Waals surface area (Å²) in [7, 11) is 0. The van der Waals surface area contributed by atoms with Gasteiger partial charge >= 0.3 is 6.09 Å². The number of halogens is 2. The van der Waals surface area contributed by atoms with Crippen LogP contribution < -0.4 is 5.32 Å². The molecule has 2 bridgehead atoms. The van der Waals surface area contributed by atoms with Crippen molar-refractivity contribution in [2.75, 3.05) is 19.6 Å². The molecule has 2 atom stereocenters. The highest BCUT2D eigenvalue weighted by atomic mass is 19.1. The Kier molecular flexibility index (Phi) is 5.00. The van der Waals surface area contributed by atoms with Gasteiger partial charge in [-0.2, -0.15) is 0 Å². The molecule has 3 heterocycles. The van der Waals surface area contributed by atoms with Crippen LogP contribution in [0.3, 0.4) is 0 Å². The molecule has 4 aliphatic rings. The molecular weight excluding hydrogens is 398 g/mol. The van der Waals surface area contributed by atoms with Crippen LogP contribution in [0.1, 0.15) is 43.9 Å². The standard InChI is InChI=1S/C25H28F2N2O2/c1-25(2)13-17-11-16(19-6-4-18(26)12-21(19)27)3-5-20(17)23(25)28-24(30)31-22-14-29-9-7-15(22)8-10-29/h3-6,11-12,15,22-23H,7-10,13-14H2,1-2H3,(H,28,30)/t22-,23?/m0/s1. The summed E-state index contributed by atoms with van der Waals surface area (Å²) < 4.78 is 33.4. The summed E-state index contributed by atoms with van der Waals surface area (Å²) >= 11 is 0. The molecule has 3 fully saturated rings. The fraction of sp³-hybridized carbons (Fsp3) is 0.480. The van der Waals surface area contributed by atoms with E-state index in [1.54, 1.807) is 0 Å². The minimum atomic E-state index is -0.589. The van der Waals surface area contributed by atoms with Crippen LogP contribution >= 0.6 is 0 Å². The van der Waals surface area contributed by atoms with Crippen molar-refractivity contribution >= 4 is 6.09 Å². The largest absolute Gasteiger partial charge is 0.445 e. The van der Waals surface area contributed by atoms with Gasteiger partial charge in [0.15, 0.2) is 0 Å². The molecule has 2 aromatic carbocycles.